The van der Waals surface area contributed by atoms with Gasteiger partial charge in [-0.05, 0) is 60.2 Å². The summed E-state index contributed by atoms with van der Waals surface area (Å²) in [5.41, 5.74) is 2.62. The number of hydrogen-bond acceptors (Lipinski definition) is 3. The molecular formula is C18H33NO2. The highest BCUT2D eigenvalue weighted by Crippen LogP contribution is 2.09. The van der Waals surface area contributed by atoms with E-state index < -0.39 is 0 Å². The van der Waals surface area contributed by atoms with E-state index in [-0.39, 0.29) is 12.0 Å². The average Bonchev–Trinajstić information content (AvgIpc) is 2.38. The van der Waals surface area contributed by atoms with Gasteiger partial charge in [-0.15, -0.1) is 0 Å². The summed E-state index contributed by atoms with van der Waals surface area (Å²) >= 11 is 0. The van der Waals surface area contributed by atoms with Crippen molar-refractivity contribution in [2.45, 2.75) is 65.8 Å². The van der Waals surface area contributed by atoms with Gasteiger partial charge in [0.15, 0.2) is 0 Å². The molecule has 122 valence electrons. The molecule has 0 amide bonds. The lowest BCUT2D eigenvalue weighted by Crippen LogP contribution is -2.37. The maximum atomic E-state index is 12.1. The standard InChI is InChI=1S/C18H33NO2/c1-7-8-12-17(19(5)6)18(20)21-14-13-16(4)11-9-10-15(2)3/h10,13,17H,7-9,11-12,14H2,1-6H3. The summed E-state index contributed by atoms with van der Waals surface area (Å²) < 4.78 is 5.39. The number of carbonyl (C=O) groups excluding carboxylic acids is 1. The van der Waals surface area contributed by atoms with Crippen molar-refractivity contribution < 1.29 is 9.53 Å². The molecule has 0 heterocycles. The minimum absolute atomic E-state index is 0.109. The Morgan fingerprint density at radius 2 is 1.86 bits per heavy atom. The Hall–Kier alpha value is -1.09. The fourth-order valence-electron chi connectivity index (χ4n) is 2.04. The Morgan fingerprint density at radius 3 is 2.38 bits per heavy atom. The molecule has 21 heavy (non-hydrogen) atoms. The van der Waals surface area contributed by atoms with E-state index in [2.05, 4.69) is 33.8 Å². The van der Waals surface area contributed by atoms with E-state index in [0.29, 0.717) is 6.61 Å². The smallest absolute Gasteiger partial charge is 0.323 e. The molecule has 0 radical (unpaired) electrons. The minimum Gasteiger partial charge on any atom is -0.460 e. The van der Waals surface area contributed by atoms with Crippen LogP contribution < -0.4 is 0 Å². The quantitative estimate of drug-likeness (QED) is 0.443. The predicted octanol–water partition coefficient (Wildman–Crippen LogP) is 4.34. The first-order valence-electron chi connectivity index (χ1n) is 8.00. The third kappa shape index (κ3) is 10.3. The lowest BCUT2D eigenvalue weighted by atomic mass is 10.1. The summed E-state index contributed by atoms with van der Waals surface area (Å²) in [6.45, 7) is 8.83. The van der Waals surface area contributed by atoms with Crippen molar-refractivity contribution in [3.63, 3.8) is 0 Å². The first kappa shape index (κ1) is 19.9. The molecule has 0 saturated carbocycles. The summed E-state index contributed by atoms with van der Waals surface area (Å²) in [5.74, 6) is -0.109. The van der Waals surface area contributed by atoms with Crippen LogP contribution in [0.25, 0.3) is 0 Å². The van der Waals surface area contributed by atoms with E-state index in [1.807, 2.05) is 25.1 Å². The van der Waals surface area contributed by atoms with Crippen molar-refractivity contribution in [3.05, 3.63) is 23.3 Å². The van der Waals surface area contributed by atoms with Gasteiger partial charge in [-0.1, -0.05) is 37.0 Å². The Morgan fingerprint density at radius 1 is 1.19 bits per heavy atom. The maximum Gasteiger partial charge on any atom is 0.323 e. The number of unbranched alkanes of at least 4 members (excludes halogenated alkanes) is 1. The number of nitrogens with zero attached hydrogens (tertiary/aromatic N) is 1. The second-order valence-electron chi connectivity index (χ2n) is 6.12. The third-order valence-corrected chi connectivity index (χ3v) is 3.48. The molecule has 3 heteroatoms. The SMILES string of the molecule is CCCCC(C(=O)OCC=C(C)CCC=C(C)C)N(C)C. The van der Waals surface area contributed by atoms with Gasteiger partial charge in [-0.25, -0.2) is 0 Å². The molecule has 0 rings (SSSR count). The monoisotopic (exact) mass is 295 g/mol. The Balaban J connectivity index is 4.17. The van der Waals surface area contributed by atoms with Crippen LogP contribution in [0.5, 0.6) is 0 Å². The van der Waals surface area contributed by atoms with Crippen molar-refractivity contribution in [1.82, 2.24) is 4.90 Å². The number of allylic oxidation sites excluding steroid dienone is 3. The molecule has 0 aromatic heterocycles. The fraction of sp³-hybridized carbons (Fsp3) is 0.722. The van der Waals surface area contributed by atoms with Crippen molar-refractivity contribution >= 4 is 5.97 Å². The molecule has 0 saturated heterocycles. The zero-order valence-electron chi connectivity index (χ0n) is 14.7. The molecule has 0 aliphatic rings. The topological polar surface area (TPSA) is 29.5 Å². The number of likely N-dealkylation sites (N-methyl/N-ethyl adjacent to an activating group) is 1. The maximum absolute atomic E-state index is 12.1. The van der Waals surface area contributed by atoms with Crippen LogP contribution in [-0.4, -0.2) is 37.6 Å². The molecule has 0 aliphatic carbocycles. The van der Waals surface area contributed by atoms with E-state index in [4.69, 9.17) is 4.74 Å². The van der Waals surface area contributed by atoms with Gasteiger partial charge in [-0.2, -0.15) is 0 Å². The summed E-state index contributed by atoms with van der Waals surface area (Å²) in [7, 11) is 3.87. The average molecular weight is 295 g/mol. The molecule has 0 spiro atoms. The zero-order valence-corrected chi connectivity index (χ0v) is 14.7. The highest BCUT2D eigenvalue weighted by atomic mass is 16.5. The van der Waals surface area contributed by atoms with E-state index >= 15 is 0 Å². The Labute approximate surface area is 131 Å². The number of esters is 1. The zero-order chi connectivity index (χ0) is 16.3. The third-order valence-electron chi connectivity index (χ3n) is 3.48. The minimum atomic E-state index is -0.121. The van der Waals surface area contributed by atoms with E-state index in [0.717, 1.165) is 32.1 Å². The molecule has 3 nitrogen and oxygen atoms in total. The van der Waals surface area contributed by atoms with Gasteiger partial charge in [0.05, 0.1) is 0 Å². The van der Waals surface area contributed by atoms with Crippen LogP contribution in [0.2, 0.25) is 0 Å². The number of ether oxygens (including phenoxy) is 1. The van der Waals surface area contributed by atoms with E-state index in [1.54, 1.807) is 0 Å². The lowest BCUT2D eigenvalue weighted by molar-refractivity contribution is -0.148. The Kier molecular flexibility index (Phi) is 11.0. The largest absolute Gasteiger partial charge is 0.460 e. The predicted molar refractivity (Wildman–Crippen MR) is 90.4 cm³/mol. The molecule has 0 aromatic rings. The Bertz CT molecular complexity index is 352. The van der Waals surface area contributed by atoms with Crippen LogP contribution in [0.15, 0.2) is 23.3 Å². The van der Waals surface area contributed by atoms with Crippen LogP contribution in [0.4, 0.5) is 0 Å². The molecule has 0 aromatic carbocycles. The number of rotatable bonds is 10. The van der Waals surface area contributed by atoms with Gasteiger partial charge in [0.25, 0.3) is 0 Å². The van der Waals surface area contributed by atoms with Crippen molar-refractivity contribution in [1.29, 1.82) is 0 Å². The van der Waals surface area contributed by atoms with Gasteiger partial charge in [0.2, 0.25) is 0 Å². The molecule has 1 atom stereocenters. The summed E-state index contributed by atoms with van der Waals surface area (Å²) in [4.78, 5) is 14.0. The molecule has 0 aliphatic heterocycles. The normalized spacial score (nSPS) is 13.2. The van der Waals surface area contributed by atoms with Gasteiger partial charge >= 0.3 is 5.97 Å². The number of carbonyl (C=O) groups is 1. The molecule has 0 bridgehead atoms. The van der Waals surface area contributed by atoms with Crippen molar-refractivity contribution in [2.24, 2.45) is 0 Å². The highest BCUT2D eigenvalue weighted by Gasteiger charge is 2.21. The van der Waals surface area contributed by atoms with Gasteiger partial charge < -0.3 is 4.74 Å². The van der Waals surface area contributed by atoms with Crippen LogP contribution in [0.1, 0.15) is 59.8 Å². The van der Waals surface area contributed by atoms with E-state index in [9.17, 15) is 4.79 Å². The first-order chi connectivity index (χ1) is 9.88. The van der Waals surface area contributed by atoms with E-state index in [1.165, 1.54) is 11.1 Å². The second-order valence-corrected chi connectivity index (χ2v) is 6.12. The molecule has 0 N–H and O–H groups in total. The molecule has 1 unspecified atom stereocenters. The van der Waals surface area contributed by atoms with Gasteiger partial charge in [-0.3, -0.25) is 9.69 Å². The summed E-state index contributed by atoms with van der Waals surface area (Å²) in [6, 6.07) is -0.121. The summed E-state index contributed by atoms with van der Waals surface area (Å²) in [5, 5.41) is 0. The van der Waals surface area contributed by atoms with Gasteiger partial charge in [0.1, 0.15) is 12.6 Å². The van der Waals surface area contributed by atoms with Crippen LogP contribution in [0, 0.1) is 0 Å². The van der Waals surface area contributed by atoms with Gasteiger partial charge in [0, 0.05) is 0 Å². The van der Waals surface area contributed by atoms with Crippen molar-refractivity contribution in [2.75, 3.05) is 20.7 Å². The highest BCUT2D eigenvalue weighted by molar-refractivity contribution is 5.75. The fourth-order valence-corrected chi connectivity index (χ4v) is 2.04. The summed E-state index contributed by atoms with van der Waals surface area (Å²) in [6.07, 6.45) is 9.34. The molecular weight excluding hydrogens is 262 g/mol. The lowest BCUT2D eigenvalue weighted by Gasteiger charge is -2.22. The van der Waals surface area contributed by atoms with Crippen molar-refractivity contribution in [3.8, 4) is 0 Å². The first-order valence-corrected chi connectivity index (χ1v) is 8.00. The molecule has 0 fully saturated rings. The number of hydrogen-bond donors (Lipinski definition) is 0. The van der Waals surface area contributed by atoms with Crippen LogP contribution >= 0.6 is 0 Å². The van der Waals surface area contributed by atoms with Crippen LogP contribution in [0.3, 0.4) is 0 Å². The van der Waals surface area contributed by atoms with Crippen LogP contribution in [-0.2, 0) is 9.53 Å². The second kappa shape index (κ2) is 11.6.